The van der Waals surface area contributed by atoms with Gasteiger partial charge in [0.2, 0.25) is 5.91 Å². The Morgan fingerprint density at radius 2 is 2.15 bits per heavy atom. The minimum atomic E-state index is -0.255. The Labute approximate surface area is 163 Å². The molecule has 6 aliphatic rings. The van der Waals surface area contributed by atoms with Crippen LogP contribution in [0.15, 0.2) is 0 Å². The third-order valence-electron chi connectivity index (χ3n) is 8.50. The van der Waals surface area contributed by atoms with Gasteiger partial charge in [-0.15, -0.1) is 0 Å². The summed E-state index contributed by atoms with van der Waals surface area (Å²) in [5.41, 5.74) is 0.169. The van der Waals surface area contributed by atoms with Gasteiger partial charge in [0.05, 0.1) is 24.2 Å². The number of amides is 1. The van der Waals surface area contributed by atoms with E-state index < -0.39 is 0 Å². The van der Waals surface area contributed by atoms with Crippen LogP contribution in [0.5, 0.6) is 0 Å². The number of carbonyl (C=O) groups excluding carboxylic acids is 1. The molecule has 3 saturated carbocycles. The van der Waals surface area contributed by atoms with Crippen molar-refractivity contribution in [2.24, 2.45) is 17.3 Å². The van der Waals surface area contributed by atoms with Crippen LogP contribution in [-0.2, 0) is 14.1 Å². The van der Waals surface area contributed by atoms with Crippen molar-refractivity contribution >= 4 is 13.0 Å². The molecule has 0 spiro atoms. The van der Waals surface area contributed by atoms with E-state index in [1.165, 1.54) is 6.42 Å². The maximum atomic E-state index is 12.9. The van der Waals surface area contributed by atoms with Gasteiger partial charge in [-0.1, -0.05) is 13.8 Å². The summed E-state index contributed by atoms with van der Waals surface area (Å²) in [5, 5.41) is 6.75. The molecule has 6 rings (SSSR count). The number of likely N-dealkylation sites (tertiary alicyclic amines) is 1. The van der Waals surface area contributed by atoms with E-state index in [1.54, 1.807) is 0 Å². The second kappa shape index (κ2) is 6.44. The molecule has 0 aromatic carbocycles. The molecule has 2 bridgehead atoms. The average Bonchev–Trinajstić information content (AvgIpc) is 3.36. The fraction of sp³-hybridized carbons (Fsp3) is 0.950. The summed E-state index contributed by atoms with van der Waals surface area (Å²) in [5.74, 6) is 1.60. The molecule has 0 radical (unpaired) electrons. The molecular weight excluding hydrogens is 341 g/mol. The maximum Gasteiger partial charge on any atom is 0.481 e. The zero-order valence-corrected chi connectivity index (χ0v) is 17.0. The van der Waals surface area contributed by atoms with E-state index in [0.29, 0.717) is 23.9 Å². The Bertz CT molecular complexity index is 611. The SMILES string of the molecule is CC1(C)C2C[C@H]3OB(C4CCCN4C(=O)CNC4CCNC4)O[C@@]3(C)[C@H]1C2. The normalized spacial score (nSPS) is 45.1. The van der Waals surface area contributed by atoms with Crippen LogP contribution >= 0.6 is 0 Å². The molecule has 6 atom stereocenters. The molecule has 3 aliphatic carbocycles. The van der Waals surface area contributed by atoms with Gasteiger partial charge in [0.1, 0.15) is 0 Å². The molecule has 3 heterocycles. The van der Waals surface area contributed by atoms with E-state index in [0.717, 1.165) is 51.2 Å². The van der Waals surface area contributed by atoms with Crippen LogP contribution in [0.4, 0.5) is 0 Å². The van der Waals surface area contributed by atoms with Crippen molar-refractivity contribution in [3.63, 3.8) is 0 Å². The fourth-order valence-corrected chi connectivity index (χ4v) is 6.61. The topological polar surface area (TPSA) is 62.8 Å². The molecule has 6 fully saturated rings. The van der Waals surface area contributed by atoms with Gasteiger partial charge in [-0.2, -0.15) is 0 Å². The monoisotopic (exact) mass is 375 g/mol. The summed E-state index contributed by atoms with van der Waals surface area (Å²) in [4.78, 5) is 14.9. The number of nitrogens with zero attached hydrogens (tertiary/aromatic N) is 1. The zero-order valence-electron chi connectivity index (χ0n) is 17.0. The number of rotatable bonds is 4. The molecule has 0 aromatic heterocycles. The molecule has 2 N–H and O–H groups in total. The van der Waals surface area contributed by atoms with Crippen LogP contribution in [0.1, 0.15) is 52.9 Å². The quantitative estimate of drug-likeness (QED) is 0.723. The summed E-state index contributed by atoms with van der Waals surface area (Å²) >= 11 is 0. The predicted molar refractivity (Wildman–Crippen MR) is 104 cm³/mol. The Morgan fingerprint density at radius 3 is 2.89 bits per heavy atom. The molecule has 27 heavy (non-hydrogen) atoms. The molecule has 3 unspecified atom stereocenters. The van der Waals surface area contributed by atoms with E-state index in [4.69, 9.17) is 9.31 Å². The minimum absolute atomic E-state index is 0.0729. The number of nitrogens with one attached hydrogen (secondary N) is 2. The highest BCUT2D eigenvalue weighted by Gasteiger charge is 2.69. The number of carbonyl (C=O) groups is 1. The van der Waals surface area contributed by atoms with Crippen molar-refractivity contribution in [3.8, 4) is 0 Å². The van der Waals surface area contributed by atoms with Gasteiger partial charge in [-0.25, -0.2) is 0 Å². The summed E-state index contributed by atoms with van der Waals surface area (Å²) in [7, 11) is -0.255. The van der Waals surface area contributed by atoms with E-state index in [2.05, 4.69) is 31.4 Å². The minimum Gasteiger partial charge on any atom is -0.404 e. The van der Waals surface area contributed by atoms with E-state index >= 15 is 0 Å². The highest BCUT2D eigenvalue weighted by molar-refractivity contribution is 6.48. The Kier molecular flexibility index (Phi) is 4.39. The van der Waals surface area contributed by atoms with E-state index in [1.807, 2.05) is 4.90 Å². The lowest BCUT2D eigenvalue weighted by atomic mass is 9.43. The van der Waals surface area contributed by atoms with Gasteiger partial charge in [0.25, 0.3) is 0 Å². The van der Waals surface area contributed by atoms with Crippen molar-refractivity contribution in [2.75, 3.05) is 26.2 Å². The Hall–Kier alpha value is -0.625. The molecule has 3 saturated heterocycles. The molecule has 0 aromatic rings. The summed E-state index contributed by atoms with van der Waals surface area (Å²) in [6, 6.07) is 0.421. The molecule has 150 valence electrons. The zero-order chi connectivity index (χ0) is 18.8. The highest BCUT2D eigenvalue weighted by atomic mass is 16.7. The van der Waals surface area contributed by atoms with E-state index in [9.17, 15) is 4.79 Å². The Balaban J connectivity index is 1.24. The van der Waals surface area contributed by atoms with Crippen molar-refractivity contribution < 1.29 is 14.1 Å². The molecule has 3 aliphatic heterocycles. The van der Waals surface area contributed by atoms with Crippen molar-refractivity contribution in [1.29, 1.82) is 0 Å². The van der Waals surface area contributed by atoms with Crippen LogP contribution in [-0.4, -0.2) is 67.8 Å². The lowest BCUT2D eigenvalue weighted by molar-refractivity contribution is -0.199. The second-order valence-electron chi connectivity index (χ2n) is 10.2. The summed E-state index contributed by atoms with van der Waals surface area (Å²) in [6.07, 6.45) is 5.70. The largest absolute Gasteiger partial charge is 0.481 e. The van der Waals surface area contributed by atoms with Gasteiger partial charge < -0.3 is 24.8 Å². The molecule has 7 heteroatoms. The lowest BCUT2D eigenvalue weighted by Crippen LogP contribution is -2.65. The van der Waals surface area contributed by atoms with Crippen LogP contribution in [0.25, 0.3) is 0 Å². The van der Waals surface area contributed by atoms with E-state index in [-0.39, 0.29) is 30.7 Å². The first-order chi connectivity index (χ1) is 12.9. The predicted octanol–water partition coefficient (Wildman–Crippen LogP) is 1.20. The number of hydrogen-bond acceptors (Lipinski definition) is 5. The molecule has 6 nitrogen and oxygen atoms in total. The third kappa shape index (κ3) is 2.80. The lowest BCUT2D eigenvalue weighted by Gasteiger charge is -2.64. The molecular formula is C20H34BN3O3. The summed E-state index contributed by atoms with van der Waals surface area (Å²) < 4.78 is 13.1. The second-order valence-corrected chi connectivity index (χ2v) is 10.2. The molecule has 1 amide bonds. The van der Waals surface area contributed by atoms with Crippen LogP contribution in [0.2, 0.25) is 0 Å². The van der Waals surface area contributed by atoms with Crippen molar-refractivity contribution in [3.05, 3.63) is 0 Å². The van der Waals surface area contributed by atoms with Crippen LogP contribution in [0.3, 0.4) is 0 Å². The van der Waals surface area contributed by atoms with Crippen LogP contribution in [0, 0.1) is 17.3 Å². The van der Waals surface area contributed by atoms with Crippen LogP contribution < -0.4 is 10.6 Å². The summed E-state index contributed by atoms with van der Waals surface area (Å²) in [6.45, 7) is 10.3. The maximum absolute atomic E-state index is 12.9. The standard InChI is InChI=1S/C20H34BN3O3/c1-19(2)13-9-15(19)20(3)16(10-13)26-21(27-20)17-5-4-8-24(17)18(25)12-23-14-6-7-22-11-14/h13-17,22-23H,4-12H2,1-3H3/t13?,14?,15-,16+,17?,20-/m0/s1. The number of hydrogen-bond donors (Lipinski definition) is 2. The van der Waals surface area contributed by atoms with Gasteiger partial charge in [0.15, 0.2) is 0 Å². The van der Waals surface area contributed by atoms with Crippen molar-refractivity contribution in [1.82, 2.24) is 15.5 Å². The first kappa shape index (κ1) is 18.4. The van der Waals surface area contributed by atoms with Gasteiger partial charge in [-0.05, 0) is 62.8 Å². The Morgan fingerprint density at radius 1 is 1.30 bits per heavy atom. The van der Waals surface area contributed by atoms with Gasteiger partial charge in [-0.3, -0.25) is 4.79 Å². The van der Waals surface area contributed by atoms with Crippen molar-refractivity contribution in [2.45, 2.75) is 76.6 Å². The first-order valence-electron chi connectivity index (χ1n) is 11.0. The average molecular weight is 375 g/mol. The fourth-order valence-electron chi connectivity index (χ4n) is 6.61. The third-order valence-corrected chi connectivity index (χ3v) is 8.50. The van der Waals surface area contributed by atoms with Gasteiger partial charge >= 0.3 is 7.12 Å². The first-order valence-corrected chi connectivity index (χ1v) is 11.0. The smallest absolute Gasteiger partial charge is 0.404 e. The van der Waals surface area contributed by atoms with Gasteiger partial charge in [0, 0.05) is 19.1 Å². The highest BCUT2D eigenvalue weighted by Crippen LogP contribution is 2.65.